The van der Waals surface area contributed by atoms with Gasteiger partial charge in [-0.25, -0.2) is 4.39 Å². The summed E-state index contributed by atoms with van der Waals surface area (Å²) in [7, 11) is 0. The second-order valence-electron chi connectivity index (χ2n) is 8.30. The third kappa shape index (κ3) is 6.04. The summed E-state index contributed by atoms with van der Waals surface area (Å²) in [5, 5.41) is 0. The fourth-order valence-corrected chi connectivity index (χ4v) is 4.63. The van der Waals surface area contributed by atoms with E-state index < -0.39 is 0 Å². The number of rotatable bonds is 9. The van der Waals surface area contributed by atoms with Crippen LogP contribution in [0.5, 0.6) is 0 Å². The van der Waals surface area contributed by atoms with Gasteiger partial charge in [-0.2, -0.15) is 0 Å². The highest BCUT2D eigenvalue weighted by atomic mass is 32.1. The molecule has 0 atom stereocenters. The topological polar surface area (TPSA) is 40.6 Å². The minimum atomic E-state index is -0.299. The van der Waals surface area contributed by atoms with Gasteiger partial charge in [0.25, 0.3) is 0 Å². The van der Waals surface area contributed by atoms with Crippen molar-refractivity contribution in [2.75, 3.05) is 6.54 Å². The summed E-state index contributed by atoms with van der Waals surface area (Å²) in [6.45, 7) is 2.96. The lowest BCUT2D eigenvalue weighted by molar-refractivity contribution is -0.141. The highest BCUT2D eigenvalue weighted by molar-refractivity contribution is 7.11. The number of carbonyl (C=O) groups excluding carboxylic acids is 2. The van der Waals surface area contributed by atoms with Crippen molar-refractivity contribution in [2.24, 2.45) is 0 Å². The summed E-state index contributed by atoms with van der Waals surface area (Å²) in [4.78, 5) is 32.2. The van der Waals surface area contributed by atoms with Gasteiger partial charge >= 0.3 is 0 Å². The molecule has 6 heteroatoms. The molecule has 2 amide bonds. The van der Waals surface area contributed by atoms with Crippen LogP contribution in [-0.4, -0.2) is 34.2 Å². The number of amides is 2. The first-order valence-electron chi connectivity index (χ1n) is 10.9. The average molecular weight is 451 g/mol. The highest BCUT2D eigenvalue weighted by Gasteiger charge is 2.34. The van der Waals surface area contributed by atoms with E-state index in [1.807, 2.05) is 49.4 Å². The molecule has 1 heterocycles. The molecule has 0 unspecified atom stereocenters. The van der Waals surface area contributed by atoms with Crippen molar-refractivity contribution in [3.05, 3.63) is 93.4 Å². The lowest BCUT2D eigenvalue weighted by atomic mass is 10.1. The fourth-order valence-electron chi connectivity index (χ4n) is 3.73. The normalized spacial score (nSPS) is 13.1. The Morgan fingerprint density at radius 1 is 0.906 bits per heavy atom. The molecule has 4 nitrogen and oxygen atoms in total. The summed E-state index contributed by atoms with van der Waals surface area (Å²) in [5.41, 5.74) is 1.81. The molecule has 4 rings (SSSR count). The van der Waals surface area contributed by atoms with Crippen LogP contribution in [0.15, 0.2) is 66.7 Å². The molecule has 2 aromatic carbocycles. The van der Waals surface area contributed by atoms with Crippen LogP contribution < -0.4 is 0 Å². The van der Waals surface area contributed by atoms with Crippen LogP contribution in [0.1, 0.15) is 33.7 Å². The van der Waals surface area contributed by atoms with Gasteiger partial charge in [-0.15, -0.1) is 11.3 Å². The third-order valence-corrected chi connectivity index (χ3v) is 6.58. The summed E-state index contributed by atoms with van der Waals surface area (Å²) in [6, 6.07) is 20.1. The van der Waals surface area contributed by atoms with Gasteiger partial charge in [0.15, 0.2) is 0 Å². The van der Waals surface area contributed by atoms with Crippen LogP contribution >= 0.6 is 11.3 Å². The Kier molecular flexibility index (Phi) is 7.00. The lowest BCUT2D eigenvalue weighted by Gasteiger charge is -2.28. The monoisotopic (exact) mass is 450 g/mol. The number of hydrogen-bond donors (Lipinski definition) is 0. The van der Waals surface area contributed by atoms with Gasteiger partial charge in [0, 0.05) is 22.3 Å². The zero-order valence-electron chi connectivity index (χ0n) is 18.2. The Morgan fingerprint density at radius 2 is 1.62 bits per heavy atom. The van der Waals surface area contributed by atoms with E-state index in [4.69, 9.17) is 0 Å². The number of thiophene rings is 1. The number of nitrogens with zero attached hydrogens (tertiary/aromatic N) is 2. The standard InChI is InChI=1S/C26H27FN2O2S/c1-19-7-14-24(32-19)17-28(16-21-8-10-22(27)11-9-21)26(31)18-29(23-12-13-23)25(30)15-20-5-3-2-4-6-20/h2-11,14,23H,12-13,15-18H2,1H3. The van der Waals surface area contributed by atoms with Gasteiger partial charge in [-0.3, -0.25) is 9.59 Å². The van der Waals surface area contributed by atoms with E-state index in [1.54, 1.807) is 33.3 Å². The first-order chi connectivity index (χ1) is 15.5. The van der Waals surface area contributed by atoms with Gasteiger partial charge in [0.2, 0.25) is 11.8 Å². The molecule has 3 aromatic rings. The molecule has 0 aliphatic heterocycles. The van der Waals surface area contributed by atoms with Crippen LogP contribution in [0.25, 0.3) is 0 Å². The number of halogens is 1. The summed E-state index contributed by atoms with van der Waals surface area (Å²) >= 11 is 1.66. The zero-order valence-corrected chi connectivity index (χ0v) is 19.0. The zero-order chi connectivity index (χ0) is 22.5. The number of carbonyl (C=O) groups is 2. The van der Waals surface area contributed by atoms with E-state index >= 15 is 0 Å². The molecule has 1 aliphatic rings. The maximum Gasteiger partial charge on any atom is 0.242 e. The molecule has 1 fully saturated rings. The van der Waals surface area contributed by atoms with Crippen molar-refractivity contribution in [2.45, 2.75) is 45.3 Å². The Balaban J connectivity index is 1.49. The Bertz CT molecular complexity index is 1060. The lowest BCUT2D eigenvalue weighted by Crippen LogP contribution is -2.44. The van der Waals surface area contributed by atoms with E-state index in [2.05, 4.69) is 0 Å². The molecule has 1 aromatic heterocycles. The quantitative estimate of drug-likeness (QED) is 0.462. The minimum absolute atomic E-state index is 0.0132. The molecule has 32 heavy (non-hydrogen) atoms. The average Bonchev–Trinajstić information content (AvgIpc) is 3.54. The van der Waals surface area contributed by atoms with Gasteiger partial charge in [-0.1, -0.05) is 42.5 Å². The summed E-state index contributed by atoms with van der Waals surface area (Å²) in [6.07, 6.45) is 2.18. The smallest absolute Gasteiger partial charge is 0.242 e. The minimum Gasteiger partial charge on any atom is -0.332 e. The van der Waals surface area contributed by atoms with Crippen molar-refractivity contribution in [3.63, 3.8) is 0 Å². The van der Waals surface area contributed by atoms with Crippen LogP contribution in [-0.2, 0) is 29.1 Å². The predicted octanol–water partition coefficient (Wildman–Crippen LogP) is 4.96. The van der Waals surface area contributed by atoms with Gasteiger partial charge in [0.1, 0.15) is 12.4 Å². The SMILES string of the molecule is Cc1ccc(CN(Cc2ccc(F)cc2)C(=O)CN(C(=O)Cc2ccccc2)C2CC2)s1. The second kappa shape index (κ2) is 10.1. The molecular weight excluding hydrogens is 423 g/mol. The molecular formula is C26H27FN2O2S. The van der Waals surface area contributed by atoms with Crippen LogP contribution in [0.2, 0.25) is 0 Å². The number of benzene rings is 2. The van der Waals surface area contributed by atoms with Crippen molar-refractivity contribution in [1.82, 2.24) is 9.80 Å². The van der Waals surface area contributed by atoms with Crippen molar-refractivity contribution < 1.29 is 14.0 Å². The number of aryl methyl sites for hydroxylation is 1. The van der Waals surface area contributed by atoms with Crippen molar-refractivity contribution >= 4 is 23.2 Å². The van der Waals surface area contributed by atoms with E-state index in [0.717, 1.165) is 28.8 Å². The van der Waals surface area contributed by atoms with Crippen molar-refractivity contribution in [1.29, 1.82) is 0 Å². The molecule has 0 N–H and O–H groups in total. The molecule has 0 bridgehead atoms. The maximum absolute atomic E-state index is 13.4. The fraction of sp³-hybridized carbons (Fsp3) is 0.308. The Morgan fingerprint density at radius 3 is 2.25 bits per heavy atom. The van der Waals surface area contributed by atoms with Gasteiger partial charge in [0.05, 0.1) is 13.0 Å². The molecule has 0 spiro atoms. The third-order valence-electron chi connectivity index (χ3n) is 5.59. The molecule has 166 valence electrons. The maximum atomic E-state index is 13.4. The van der Waals surface area contributed by atoms with Crippen LogP contribution in [0.3, 0.4) is 0 Å². The van der Waals surface area contributed by atoms with E-state index in [-0.39, 0.29) is 30.2 Å². The second-order valence-corrected chi connectivity index (χ2v) is 9.68. The molecule has 0 radical (unpaired) electrons. The molecule has 1 aliphatic carbocycles. The summed E-state index contributed by atoms with van der Waals surface area (Å²) in [5.74, 6) is -0.402. The Hall–Kier alpha value is -2.99. The largest absolute Gasteiger partial charge is 0.332 e. The molecule has 0 saturated heterocycles. The van der Waals surface area contributed by atoms with E-state index in [9.17, 15) is 14.0 Å². The van der Waals surface area contributed by atoms with Crippen LogP contribution in [0, 0.1) is 12.7 Å². The first-order valence-corrected chi connectivity index (χ1v) is 11.7. The van der Waals surface area contributed by atoms with Gasteiger partial charge < -0.3 is 9.80 Å². The van der Waals surface area contributed by atoms with Gasteiger partial charge in [-0.05, 0) is 55.2 Å². The van der Waals surface area contributed by atoms with Crippen LogP contribution in [0.4, 0.5) is 4.39 Å². The van der Waals surface area contributed by atoms with E-state index in [1.165, 1.54) is 17.0 Å². The summed E-state index contributed by atoms with van der Waals surface area (Å²) < 4.78 is 13.3. The van der Waals surface area contributed by atoms with Crippen molar-refractivity contribution in [3.8, 4) is 0 Å². The van der Waals surface area contributed by atoms with E-state index in [0.29, 0.717) is 19.5 Å². The molecule has 1 saturated carbocycles. The predicted molar refractivity (Wildman–Crippen MR) is 125 cm³/mol. The number of hydrogen-bond acceptors (Lipinski definition) is 3. The first kappa shape index (κ1) is 22.2. The Labute approximate surface area is 192 Å². The highest BCUT2D eigenvalue weighted by Crippen LogP contribution is 2.28.